The third-order valence-electron chi connectivity index (χ3n) is 2.48. The van der Waals surface area contributed by atoms with E-state index in [0.29, 0.717) is 13.1 Å². The van der Waals surface area contributed by atoms with Crippen molar-refractivity contribution in [1.82, 2.24) is 4.90 Å². The molecule has 0 spiro atoms. The van der Waals surface area contributed by atoms with Gasteiger partial charge in [0, 0.05) is 22.7 Å². The summed E-state index contributed by atoms with van der Waals surface area (Å²) in [4.78, 5) is 13.7. The highest BCUT2D eigenvalue weighted by Gasteiger charge is 2.09. The number of halogens is 2. The zero-order valence-corrected chi connectivity index (χ0v) is 13.8. The van der Waals surface area contributed by atoms with Gasteiger partial charge in [-0.2, -0.15) is 0 Å². The van der Waals surface area contributed by atoms with Crippen LogP contribution >= 0.6 is 28.3 Å². The van der Waals surface area contributed by atoms with Crippen LogP contribution < -0.4 is 11.1 Å². The maximum atomic E-state index is 11.8. The minimum Gasteiger partial charge on any atom is -0.327 e. The zero-order chi connectivity index (χ0) is 13.7. The number of likely N-dealkylation sites (N-methyl/N-ethyl adjacent to an activating group) is 1. The van der Waals surface area contributed by atoms with E-state index < -0.39 is 0 Å². The molecule has 1 amide bonds. The smallest absolute Gasteiger partial charge is 0.238 e. The van der Waals surface area contributed by atoms with Crippen LogP contribution in [0.15, 0.2) is 22.7 Å². The van der Waals surface area contributed by atoms with E-state index in [0.717, 1.165) is 15.7 Å². The van der Waals surface area contributed by atoms with Crippen molar-refractivity contribution in [1.29, 1.82) is 0 Å². The Kier molecular flexibility index (Phi) is 8.25. The molecule has 0 aromatic heterocycles. The van der Waals surface area contributed by atoms with Gasteiger partial charge in [-0.1, -0.05) is 15.9 Å². The minimum absolute atomic E-state index is 0. The summed E-state index contributed by atoms with van der Waals surface area (Å²) in [6, 6.07) is 5.84. The number of rotatable bonds is 5. The van der Waals surface area contributed by atoms with Gasteiger partial charge in [-0.25, -0.2) is 0 Å². The molecule has 0 aliphatic carbocycles. The molecule has 0 heterocycles. The van der Waals surface area contributed by atoms with Crippen LogP contribution in [0.5, 0.6) is 0 Å². The molecule has 0 aliphatic rings. The molecule has 1 rings (SSSR count). The van der Waals surface area contributed by atoms with Crippen molar-refractivity contribution in [2.45, 2.75) is 19.9 Å². The Morgan fingerprint density at radius 3 is 2.68 bits per heavy atom. The first-order valence-corrected chi connectivity index (χ1v) is 6.68. The largest absolute Gasteiger partial charge is 0.327 e. The molecule has 1 atom stereocenters. The Labute approximate surface area is 129 Å². The molecule has 6 heteroatoms. The van der Waals surface area contributed by atoms with Crippen LogP contribution in [-0.4, -0.2) is 37.0 Å². The van der Waals surface area contributed by atoms with Gasteiger partial charge >= 0.3 is 0 Å². The van der Waals surface area contributed by atoms with E-state index in [2.05, 4.69) is 21.2 Å². The molecule has 108 valence electrons. The van der Waals surface area contributed by atoms with Crippen LogP contribution in [0.1, 0.15) is 12.5 Å². The van der Waals surface area contributed by atoms with Crippen molar-refractivity contribution >= 4 is 39.9 Å². The Morgan fingerprint density at radius 1 is 1.53 bits per heavy atom. The van der Waals surface area contributed by atoms with E-state index in [1.807, 2.05) is 44.0 Å². The monoisotopic (exact) mass is 349 g/mol. The third kappa shape index (κ3) is 6.92. The summed E-state index contributed by atoms with van der Waals surface area (Å²) >= 11 is 3.40. The fourth-order valence-electron chi connectivity index (χ4n) is 1.76. The lowest BCUT2D eigenvalue weighted by atomic mass is 10.2. The molecule has 0 saturated heterocycles. The van der Waals surface area contributed by atoms with E-state index in [9.17, 15) is 4.79 Å². The van der Waals surface area contributed by atoms with Crippen molar-refractivity contribution in [3.05, 3.63) is 28.2 Å². The van der Waals surface area contributed by atoms with Gasteiger partial charge in [-0.3, -0.25) is 9.69 Å². The lowest BCUT2D eigenvalue weighted by Gasteiger charge is -2.18. The Bertz CT molecular complexity index is 426. The fourth-order valence-corrected chi connectivity index (χ4v) is 2.23. The van der Waals surface area contributed by atoms with Gasteiger partial charge in [-0.15, -0.1) is 12.4 Å². The average molecular weight is 351 g/mol. The molecule has 4 nitrogen and oxygen atoms in total. The SMILES string of the molecule is Cc1cc(Br)ccc1NC(=O)CN(C)CC(C)N.Cl. The number of hydrogen-bond donors (Lipinski definition) is 2. The van der Waals surface area contributed by atoms with Crippen molar-refractivity contribution in [2.24, 2.45) is 5.73 Å². The van der Waals surface area contributed by atoms with Crippen molar-refractivity contribution in [3.8, 4) is 0 Å². The quantitative estimate of drug-likeness (QED) is 0.857. The number of aryl methyl sites for hydroxylation is 1. The molecule has 1 aromatic rings. The summed E-state index contributed by atoms with van der Waals surface area (Å²) in [5.74, 6) is -0.0245. The van der Waals surface area contributed by atoms with Crippen LogP contribution in [0.25, 0.3) is 0 Å². The number of anilines is 1. The summed E-state index contributed by atoms with van der Waals surface area (Å²) < 4.78 is 1.01. The highest BCUT2D eigenvalue weighted by Crippen LogP contribution is 2.19. The predicted molar refractivity (Wildman–Crippen MR) is 85.9 cm³/mol. The number of carbonyl (C=O) groups excluding carboxylic acids is 1. The standard InChI is InChI=1S/C13H20BrN3O.ClH/c1-9-6-11(14)4-5-12(9)16-13(18)8-17(3)7-10(2)15;/h4-6,10H,7-8,15H2,1-3H3,(H,16,18);1H. The molecule has 0 radical (unpaired) electrons. The summed E-state index contributed by atoms with van der Waals surface area (Å²) in [7, 11) is 1.89. The number of hydrogen-bond acceptors (Lipinski definition) is 3. The van der Waals surface area contributed by atoms with Gasteiger partial charge in [-0.05, 0) is 44.7 Å². The summed E-state index contributed by atoms with van der Waals surface area (Å²) in [6.45, 7) is 4.93. The van der Waals surface area contributed by atoms with E-state index in [1.54, 1.807) is 0 Å². The van der Waals surface area contributed by atoms with Crippen LogP contribution in [0.3, 0.4) is 0 Å². The summed E-state index contributed by atoms with van der Waals surface area (Å²) in [6.07, 6.45) is 0. The van der Waals surface area contributed by atoms with Crippen LogP contribution in [-0.2, 0) is 4.79 Å². The maximum Gasteiger partial charge on any atom is 0.238 e. The summed E-state index contributed by atoms with van der Waals surface area (Å²) in [5.41, 5.74) is 7.56. The molecule has 0 aliphatic heterocycles. The minimum atomic E-state index is -0.0245. The molecule has 0 bridgehead atoms. The Morgan fingerprint density at radius 2 is 2.16 bits per heavy atom. The first-order chi connectivity index (χ1) is 8.38. The van der Waals surface area contributed by atoms with Gasteiger partial charge in [0.1, 0.15) is 0 Å². The first kappa shape index (κ1) is 18.4. The first-order valence-electron chi connectivity index (χ1n) is 5.88. The third-order valence-corrected chi connectivity index (χ3v) is 2.97. The molecular formula is C13H21BrClN3O. The fraction of sp³-hybridized carbons (Fsp3) is 0.462. The highest BCUT2D eigenvalue weighted by atomic mass is 79.9. The van der Waals surface area contributed by atoms with Crippen molar-refractivity contribution in [3.63, 3.8) is 0 Å². The van der Waals surface area contributed by atoms with Crippen molar-refractivity contribution < 1.29 is 4.79 Å². The van der Waals surface area contributed by atoms with E-state index in [1.165, 1.54) is 0 Å². The topological polar surface area (TPSA) is 58.4 Å². The molecule has 0 fully saturated rings. The second-order valence-corrected chi connectivity index (χ2v) is 5.60. The number of nitrogens with zero attached hydrogens (tertiary/aromatic N) is 1. The molecule has 3 N–H and O–H groups in total. The number of nitrogens with two attached hydrogens (primary N) is 1. The maximum absolute atomic E-state index is 11.8. The molecule has 0 saturated carbocycles. The number of carbonyl (C=O) groups is 1. The van der Waals surface area contributed by atoms with Gasteiger partial charge < -0.3 is 11.1 Å². The normalized spacial score (nSPS) is 11.9. The van der Waals surface area contributed by atoms with Crippen LogP contribution in [0.4, 0.5) is 5.69 Å². The zero-order valence-electron chi connectivity index (χ0n) is 11.4. The average Bonchev–Trinajstić information content (AvgIpc) is 2.20. The second-order valence-electron chi connectivity index (χ2n) is 4.68. The number of amides is 1. The lowest BCUT2D eigenvalue weighted by molar-refractivity contribution is -0.117. The molecule has 19 heavy (non-hydrogen) atoms. The Balaban J connectivity index is 0.00000324. The van der Waals surface area contributed by atoms with Gasteiger partial charge in [0.2, 0.25) is 5.91 Å². The van der Waals surface area contributed by atoms with Gasteiger partial charge in [0.15, 0.2) is 0 Å². The molecule has 1 unspecified atom stereocenters. The highest BCUT2D eigenvalue weighted by molar-refractivity contribution is 9.10. The number of nitrogens with one attached hydrogen (secondary N) is 1. The van der Waals surface area contributed by atoms with Crippen LogP contribution in [0, 0.1) is 6.92 Å². The summed E-state index contributed by atoms with van der Waals surface area (Å²) in [5, 5.41) is 2.90. The van der Waals surface area contributed by atoms with Crippen LogP contribution in [0.2, 0.25) is 0 Å². The molecule has 1 aromatic carbocycles. The number of benzene rings is 1. The van der Waals surface area contributed by atoms with Crippen molar-refractivity contribution in [2.75, 3.05) is 25.5 Å². The molecular weight excluding hydrogens is 330 g/mol. The lowest BCUT2D eigenvalue weighted by Crippen LogP contribution is -2.37. The van der Waals surface area contributed by atoms with E-state index in [-0.39, 0.29) is 24.4 Å². The van der Waals surface area contributed by atoms with E-state index >= 15 is 0 Å². The van der Waals surface area contributed by atoms with E-state index in [4.69, 9.17) is 5.73 Å². The predicted octanol–water partition coefficient (Wildman–Crippen LogP) is 2.40. The van der Waals surface area contributed by atoms with Gasteiger partial charge in [0.05, 0.1) is 6.54 Å². The van der Waals surface area contributed by atoms with Gasteiger partial charge in [0.25, 0.3) is 0 Å². The second kappa shape index (κ2) is 8.53. The Hall–Kier alpha value is -0.620.